The van der Waals surface area contributed by atoms with Crippen molar-refractivity contribution in [3.8, 4) is 0 Å². The van der Waals surface area contributed by atoms with Crippen molar-refractivity contribution in [1.82, 2.24) is 20.5 Å². The van der Waals surface area contributed by atoms with Crippen LogP contribution in [0.25, 0.3) is 0 Å². The second-order valence-electron chi connectivity index (χ2n) is 7.83. The Kier molecular flexibility index (Phi) is 7.66. The van der Waals surface area contributed by atoms with Gasteiger partial charge in [-0.1, -0.05) is 0 Å². The molecular weight excluding hydrogens is 380 g/mol. The van der Waals surface area contributed by atoms with Crippen molar-refractivity contribution in [2.24, 2.45) is 5.92 Å². The molecule has 0 saturated carbocycles. The Balaban J connectivity index is 0.00000280. The number of rotatable bonds is 5. The summed E-state index contributed by atoms with van der Waals surface area (Å²) in [7, 11) is 0. The van der Waals surface area contributed by atoms with E-state index in [2.05, 4.69) is 15.6 Å². The molecule has 2 fully saturated rings. The van der Waals surface area contributed by atoms with Gasteiger partial charge in [-0.3, -0.25) is 14.4 Å². The molecule has 156 valence electrons. The summed E-state index contributed by atoms with van der Waals surface area (Å²) in [6.07, 6.45) is 3.86. The van der Waals surface area contributed by atoms with Gasteiger partial charge in [0.15, 0.2) is 5.78 Å². The third-order valence-electron chi connectivity index (χ3n) is 5.75. The quantitative estimate of drug-likeness (QED) is 0.647. The van der Waals surface area contributed by atoms with Crippen LogP contribution >= 0.6 is 12.4 Å². The van der Waals surface area contributed by atoms with E-state index < -0.39 is 0 Å². The molecule has 3 heterocycles. The van der Waals surface area contributed by atoms with Gasteiger partial charge in [0.25, 0.3) is 5.91 Å². The molecule has 8 heteroatoms. The summed E-state index contributed by atoms with van der Waals surface area (Å²) in [4.78, 5) is 41.9. The Morgan fingerprint density at radius 2 is 1.93 bits per heavy atom. The lowest BCUT2D eigenvalue weighted by Crippen LogP contribution is -2.46. The Labute approximate surface area is 172 Å². The topological polar surface area (TPSA) is 94.3 Å². The molecule has 3 rings (SSSR count). The number of halogens is 1. The lowest BCUT2D eigenvalue weighted by Gasteiger charge is -2.33. The zero-order valence-electron chi connectivity index (χ0n) is 16.9. The van der Waals surface area contributed by atoms with Crippen LogP contribution in [0, 0.1) is 19.8 Å². The molecule has 2 aliphatic rings. The third kappa shape index (κ3) is 4.75. The predicted molar refractivity (Wildman–Crippen MR) is 110 cm³/mol. The number of carbonyl (C=O) groups excluding carboxylic acids is 3. The van der Waals surface area contributed by atoms with E-state index in [0.717, 1.165) is 43.5 Å². The van der Waals surface area contributed by atoms with Crippen LogP contribution in [0.3, 0.4) is 0 Å². The summed E-state index contributed by atoms with van der Waals surface area (Å²) >= 11 is 0. The van der Waals surface area contributed by atoms with Crippen LogP contribution in [-0.4, -0.2) is 59.7 Å². The zero-order chi connectivity index (χ0) is 19.6. The van der Waals surface area contributed by atoms with Gasteiger partial charge in [0.1, 0.15) is 5.69 Å². The van der Waals surface area contributed by atoms with Crippen LogP contribution in [0.5, 0.6) is 0 Å². The van der Waals surface area contributed by atoms with Crippen molar-refractivity contribution in [3.05, 3.63) is 22.5 Å². The van der Waals surface area contributed by atoms with Gasteiger partial charge >= 0.3 is 0 Å². The molecule has 0 aliphatic carbocycles. The summed E-state index contributed by atoms with van der Waals surface area (Å²) < 4.78 is 0. The third-order valence-corrected chi connectivity index (χ3v) is 5.75. The molecule has 2 atom stereocenters. The number of piperidine rings is 1. The number of hydrogen-bond acceptors (Lipinski definition) is 4. The van der Waals surface area contributed by atoms with E-state index in [-0.39, 0.29) is 42.0 Å². The minimum atomic E-state index is -0.0686. The summed E-state index contributed by atoms with van der Waals surface area (Å²) in [6, 6.07) is -0.0686. The van der Waals surface area contributed by atoms with E-state index in [1.807, 2.05) is 18.7 Å². The fourth-order valence-electron chi connectivity index (χ4n) is 4.34. The lowest BCUT2D eigenvalue weighted by molar-refractivity contribution is -0.123. The second kappa shape index (κ2) is 9.56. The molecule has 1 aromatic heterocycles. The summed E-state index contributed by atoms with van der Waals surface area (Å²) in [5.41, 5.74) is 2.60. The van der Waals surface area contributed by atoms with Gasteiger partial charge in [0, 0.05) is 30.9 Å². The van der Waals surface area contributed by atoms with Crippen LogP contribution in [0.1, 0.15) is 64.7 Å². The van der Waals surface area contributed by atoms with Crippen LogP contribution < -0.4 is 10.6 Å². The molecular formula is C20H31ClN4O3. The van der Waals surface area contributed by atoms with E-state index in [0.29, 0.717) is 30.9 Å². The number of aryl methyl sites for hydroxylation is 1. The SMILES string of the molecule is CC(=O)c1c(C)[nH]c(C(=O)N2CCCC(CNC(=O)C3CCCN3)C2)c1C.Cl. The number of nitrogens with one attached hydrogen (secondary N) is 3. The minimum Gasteiger partial charge on any atom is -0.354 e. The van der Waals surface area contributed by atoms with E-state index in [1.54, 1.807) is 0 Å². The van der Waals surface area contributed by atoms with Crippen molar-refractivity contribution in [1.29, 1.82) is 0 Å². The predicted octanol–water partition coefficient (Wildman–Crippen LogP) is 1.98. The van der Waals surface area contributed by atoms with Gasteiger partial charge in [0.05, 0.1) is 6.04 Å². The fraction of sp³-hybridized carbons (Fsp3) is 0.650. The van der Waals surface area contributed by atoms with Crippen LogP contribution in [0.4, 0.5) is 0 Å². The number of Topliss-reactive ketones (excluding diaryl/α,β-unsaturated/α-hetero) is 1. The van der Waals surface area contributed by atoms with Gasteiger partial charge in [-0.25, -0.2) is 0 Å². The summed E-state index contributed by atoms with van der Waals surface area (Å²) in [5.74, 6) is 0.242. The molecule has 28 heavy (non-hydrogen) atoms. The number of nitrogens with zero attached hydrogens (tertiary/aromatic N) is 1. The first kappa shape index (κ1) is 22.4. The standard InChI is InChI=1S/C20H30N4O3.ClH/c1-12-17(14(3)25)13(2)23-18(12)20(27)24-9-5-6-15(11-24)10-22-19(26)16-7-4-8-21-16;/h15-16,21,23H,4-11H2,1-3H3,(H,22,26);1H. The Morgan fingerprint density at radius 1 is 1.18 bits per heavy atom. The molecule has 0 aromatic carbocycles. The number of carbonyl (C=O) groups is 3. The molecule has 0 radical (unpaired) electrons. The average Bonchev–Trinajstić information content (AvgIpc) is 3.27. The number of ketones is 1. The van der Waals surface area contributed by atoms with Crippen LogP contribution in [-0.2, 0) is 4.79 Å². The van der Waals surface area contributed by atoms with E-state index >= 15 is 0 Å². The molecule has 7 nitrogen and oxygen atoms in total. The van der Waals surface area contributed by atoms with Crippen molar-refractivity contribution >= 4 is 30.0 Å². The van der Waals surface area contributed by atoms with E-state index in [1.165, 1.54) is 6.92 Å². The van der Waals surface area contributed by atoms with Crippen molar-refractivity contribution in [3.63, 3.8) is 0 Å². The van der Waals surface area contributed by atoms with Crippen molar-refractivity contribution < 1.29 is 14.4 Å². The summed E-state index contributed by atoms with van der Waals surface area (Å²) in [6.45, 7) is 8.01. The maximum atomic E-state index is 13.0. The highest BCUT2D eigenvalue weighted by Gasteiger charge is 2.29. The highest BCUT2D eigenvalue weighted by Crippen LogP contribution is 2.23. The molecule has 2 saturated heterocycles. The van der Waals surface area contributed by atoms with E-state index in [9.17, 15) is 14.4 Å². The first-order valence-corrected chi connectivity index (χ1v) is 9.89. The first-order valence-electron chi connectivity index (χ1n) is 9.89. The van der Waals surface area contributed by atoms with Gasteiger partial charge in [-0.15, -0.1) is 12.4 Å². The molecule has 1 aromatic rings. The Hall–Kier alpha value is -1.86. The molecule has 0 bridgehead atoms. The lowest BCUT2D eigenvalue weighted by atomic mass is 9.97. The normalized spacial score (nSPS) is 21.9. The molecule has 2 amide bonds. The monoisotopic (exact) mass is 410 g/mol. The highest BCUT2D eigenvalue weighted by atomic mass is 35.5. The van der Waals surface area contributed by atoms with Gasteiger partial charge in [-0.05, 0) is 64.5 Å². The van der Waals surface area contributed by atoms with Gasteiger partial charge in [-0.2, -0.15) is 0 Å². The molecule has 2 aliphatic heterocycles. The van der Waals surface area contributed by atoms with E-state index in [4.69, 9.17) is 0 Å². The number of likely N-dealkylation sites (tertiary alicyclic amines) is 1. The fourth-order valence-corrected chi connectivity index (χ4v) is 4.34. The Morgan fingerprint density at radius 3 is 2.54 bits per heavy atom. The number of aromatic amines is 1. The average molecular weight is 411 g/mol. The zero-order valence-corrected chi connectivity index (χ0v) is 17.7. The van der Waals surface area contributed by atoms with Crippen molar-refractivity contribution in [2.75, 3.05) is 26.2 Å². The maximum absolute atomic E-state index is 13.0. The molecule has 2 unspecified atom stereocenters. The van der Waals surface area contributed by atoms with Crippen LogP contribution in [0.15, 0.2) is 0 Å². The minimum absolute atomic E-state index is 0. The van der Waals surface area contributed by atoms with Gasteiger partial charge in [0.2, 0.25) is 5.91 Å². The maximum Gasteiger partial charge on any atom is 0.270 e. The first-order chi connectivity index (χ1) is 12.9. The highest BCUT2D eigenvalue weighted by molar-refractivity contribution is 6.02. The number of H-pyrrole nitrogens is 1. The van der Waals surface area contributed by atoms with Crippen molar-refractivity contribution in [2.45, 2.75) is 52.5 Å². The number of amides is 2. The van der Waals surface area contributed by atoms with Crippen LogP contribution in [0.2, 0.25) is 0 Å². The Bertz CT molecular complexity index is 740. The molecule has 3 N–H and O–H groups in total. The second-order valence-corrected chi connectivity index (χ2v) is 7.83. The summed E-state index contributed by atoms with van der Waals surface area (Å²) in [5, 5.41) is 6.25. The number of hydrogen-bond donors (Lipinski definition) is 3. The van der Waals surface area contributed by atoms with Gasteiger partial charge < -0.3 is 20.5 Å². The molecule has 0 spiro atoms. The largest absolute Gasteiger partial charge is 0.354 e. The smallest absolute Gasteiger partial charge is 0.270 e. The number of aromatic nitrogens is 1.